The van der Waals surface area contributed by atoms with Crippen molar-refractivity contribution in [3.05, 3.63) is 34.3 Å². The van der Waals surface area contributed by atoms with Crippen LogP contribution in [0.4, 0.5) is 0 Å². The minimum absolute atomic E-state index is 0.752. The van der Waals surface area contributed by atoms with Crippen LogP contribution < -0.4 is 0 Å². The van der Waals surface area contributed by atoms with Crippen molar-refractivity contribution in [1.29, 1.82) is 0 Å². The van der Waals surface area contributed by atoms with Gasteiger partial charge in [-0.15, -0.1) is 0 Å². The molecule has 1 aromatic rings. The molecule has 0 heterocycles. The van der Waals surface area contributed by atoms with Gasteiger partial charge in [0.2, 0.25) is 0 Å². The molecule has 0 unspecified atom stereocenters. The molecule has 1 rings (SSSR count). The summed E-state index contributed by atoms with van der Waals surface area (Å²) in [5.41, 5.74) is 2.47. The van der Waals surface area contributed by atoms with Crippen molar-refractivity contribution < 1.29 is 0 Å². The molecular weight excluding hydrogens is 166 g/mol. The number of hydrogen-bond acceptors (Lipinski definition) is 0. The first-order chi connectivity index (χ1) is 5.74. The maximum absolute atomic E-state index is 5.89. The van der Waals surface area contributed by atoms with Gasteiger partial charge in [-0.2, -0.15) is 0 Å². The standard InChI is InChI=1S/C10H12BCl/c1-8-7-9(3-2-6-11)4-5-10(8)12/h4-5,7H,2-3,6H2,1H3. The van der Waals surface area contributed by atoms with Gasteiger partial charge in [-0.25, -0.2) is 0 Å². The van der Waals surface area contributed by atoms with E-state index < -0.39 is 0 Å². The molecule has 2 radical (unpaired) electrons. The van der Waals surface area contributed by atoms with E-state index in [2.05, 4.69) is 12.1 Å². The van der Waals surface area contributed by atoms with E-state index in [9.17, 15) is 0 Å². The number of halogens is 1. The Morgan fingerprint density at radius 1 is 1.42 bits per heavy atom. The molecule has 1 aromatic carbocycles. The maximum Gasteiger partial charge on any atom is 0.0653 e. The van der Waals surface area contributed by atoms with E-state index in [0.717, 1.165) is 29.7 Å². The Kier molecular flexibility index (Phi) is 3.67. The lowest BCUT2D eigenvalue weighted by Gasteiger charge is -2.02. The molecule has 62 valence electrons. The van der Waals surface area contributed by atoms with Crippen LogP contribution >= 0.6 is 11.6 Å². The quantitative estimate of drug-likeness (QED) is 0.624. The highest BCUT2D eigenvalue weighted by Gasteiger charge is 1.96. The molecule has 0 N–H and O–H groups in total. The summed E-state index contributed by atoms with van der Waals surface area (Å²) in [6.45, 7) is 2.02. The largest absolute Gasteiger partial charge is 0.0884 e. The lowest BCUT2D eigenvalue weighted by molar-refractivity contribution is 0.918. The summed E-state index contributed by atoms with van der Waals surface area (Å²) in [6.07, 6.45) is 2.84. The minimum atomic E-state index is 0.752. The first kappa shape index (κ1) is 9.66. The Morgan fingerprint density at radius 2 is 2.17 bits per heavy atom. The van der Waals surface area contributed by atoms with Crippen LogP contribution in [-0.4, -0.2) is 7.85 Å². The smallest absolute Gasteiger partial charge is 0.0653 e. The van der Waals surface area contributed by atoms with Crippen molar-refractivity contribution in [2.24, 2.45) is 0 Å². The zero-order chi connectivity index (χ0) is 8.97. The van der Waals surface area contributed by atoms with Crippen LogP contribution in [0.5, 0.6) is 0 Å². The summed E-state index contributed by atoms with van der Waals surface area (Å²) in [7, 11) is 5.42. The predicted molar refractivity (Wildman–Crippen MR) is 55.1 cm³/mol. The van der Waals surface area contributed by atoms with Gasteiger partial charge in [0.25, 0.3) is 0 Å². The van der Waals surface area contributed by atoms with E-state index in [0.29, 0.717) is 0 Å². The molecule has 0 saturated carbocycles. The zero-order valence-electron chi connectivity index (χ0n) is 7.31. The molecule has 0 bridgehead atoms. The lowest BCUT2D eigenvalue weighted by atomic mass is 9.97. The summed E-state index contributed by atoms with van der Waals surface area (Å²) in [6, 6.07) is 6.13. The summed E-state index contributed by atoms with van der Waals surface area (Å²) in [5, 5.41) is 0.839. The average Bonchev–Trinajstić information content (AvgIpc) is 2.07. The van der Waals surface area contributed by atoms with Gasteiger partial charge < -0.3 is 0 Å². The molecule has 0 aromatic heterocycles. The Balaban J connectivity index is 2.69. The van der Waals surface area contributed by atoms with Gasteiger partial charge in [-0.05, 0) is 30.5 Å². The van der Waals surface area contributed by atoms with E-state index in [1.165, 1.54) is 5.56 Å². The number of aryl methyl sites for hydroxylation is 2. The highest BCUT2D eigenvalue weighted by molar-refractivity contribution is 6.31. The molecule has 0 aliphatic carbocycles. The van der Waals surface area contributed by atoms with Crippen LogP contribution in [0.3, 0.4) is 0 Å². The molecular formula is C10H12BCl. The molecule has 0 aliphatic heterocycles. The third-order valence-electron chi connectivity index (χ3n) is 1.89. The topological polar surface area (TPSA) is 0 Å². The van der Waals surface area contributed by atoms with Crippen LogP contribution in [-0.2, 0) is 6.42 Å². The van der Waals surface area contributed by atoms with Gasteiger partial charge in [0.15, 0.2) is 0 Å². The highest BCUT2D eigenvalue weighted by Crippen LogP contribution is 2.17. The summed E-state index contributed by atoms with van der Waals surface area (Å²) in [4.78, 5) is 0. The molecule has 0 aliphatic rings. The average molecular weight is 178 g/mol. The van der Waals surface area contributed by atoms with Crippen molar-refractivity contribution in [2.75, 3.05) is 0 Å². The Bertz CT molecular complexity index is 258. The van der Waals surface area contributed by atoms with Gasteiger partial charge in [0, 0.05) is 5.02 Å². The van der Waals surface area contributed by atoms with Crippen molar-refractivity contribution in [3.63, 3.8) is 0 Å². The third kappa shape index (κ3) is 2.56. The minimum Gasteiger partial charge on any atom is -0.0884 e. The van der Waals surface area contributed by atoms with Gasteiger partial charge >= 0.3 is 0 Å². The molecule has 0 fully saturated rings. The maximum atomic E-state index is 5.89. The second-order valence-electron chi connectivity index (χ2n) is 2.98. The van der Waals surface area contributed by atoms with Crippen molar-refractivity contribution in [1.82, 2.24) is 0 Å². The first-order valence-corrected chi connectivity index (χ1v) is 4.57. The highest BCUT2D eigenvalue weighted by atomic mass is 35.5. The van der Waals surface area contributed by atoms with E-state index >= 15 is 0 Å². The molecule has 0 spiro atoms. The van der Waals surface area contributed by atoms with Crippen molar-refractivity contribution in [3.8, 4) is 0 Å². The monoisotopic (exact) mass is 178 g/mol. The van der Waals surface area contributed by atoms with E-state index in [-0.39, 0.29) is 0 Å². The fraction of sp³-hybridized carbons (Fsp3) is 0.400. The summed E-state index contributed by atoms with van der Waals surface area (Å²) < 4.78 is 0. The normalized spacial score (nSPS) is 10.2. The van der Waals surface area contributed by atoms with Crippen LogP contribution in [0, 0.1) is 6.92 Å². The Hall–Kier alpha value is -0.425. The van der Waals surface area contributed by atoms with E-state index in [1.807, 2.05) is 13.0 Å². The van der Waals surface area contributed by atoms with Crippen molar-refractivity contribution in [2.45, 2.75) is 26.1 Å². The molecule has 0 saturated heterocycles. The van der Waals surface area contributed by atoms with E-state index in [4.69, 9.17) is 19.4 Å². The van der Waals surface area contributed by atoms with Gasteiger partial charge in [-0.1, -0.05) is 36.5 Å². The lowest BCUT2D eigenvalue weighted by Crippen LogP contribution is -1.86. The van der Waals surface area contributed by atoms with Gasteiger partial charge in [0.1, 0.15) is 0 Å². The van der Waals surface area contributed by atoms with Crippen molar-refractivity contribution >= 4 is 19.4 Å². The fourth-order valence-corrected chi connectivity index (χ4v) is 1.29. The number of hydrogen-bond donors (Lipinski definition) is 0. The molecule has 12 heavy (non-hydrogen) atoms. The Labute approximate surface area is 80.3 Å². The SMILES string of the molecule is [B]CCCc1ccc(Cl)c(C)c1. The zero-order valence-corrected chi connectivity index (χ0v) is 8.06. The van der Waals surface area contributed by atoms with Crippen LogP contribution in [0.1, 0.15) is 17.5 Å². The van der Waals surface area contributed by atoms with Gasteiger partial charge in [0.05, 0.1) is 7.85 Å². The van der Waals surface area contributed by atoms with Gasteiger partial charge in [-0.3, -0.25) is 0 Å². The Morgan fingerprint density at radius 3 is 2.75 bits per heavy atom. The predicted octanol–water partition coefficient (Wildman–Crippen LogP) is 3.17. The third-order valence-corrected chi connectivity index (χ3v) is 2.32. The first-order valence-electron chi connectivity index (χ1n) is 4.19. The van der Waals surface area contributed by atoms with Crippen LogP contribution in [0.25, 0.3) is 0 Å². The molecule has 0 nitrogen and oxygen atoms in total. The summed E-state index contributed by atoms with van der Waals surface area (Å²) in [5.74, 6) is 0. The fourth-order valence-electron chi connectivity index (χ4n) is 1.17. The molecule has 2 heteroatoms. The molecule has 0 atom stereocenters. The summed E-state index contributed by atoms with van der Waals surface area (Å²) >= 11 is 5.89. The van der Waals surface area contributed by atoms with Crippen LogP contribution in [0.15, 0.2) is 18.2 Å². The second-order valence-corrected chi connectivity index (χ2v) is 3.38. The number of rotatable bonds is 3. The second kappa shape index (κ2) is 4.56. The number of benzene rings is 1. The van der Waals surface area contributed by atoms with Crippen LogP contribution in [0.2, 0.25) is 11.3 Å². The van der Waals surface area contributed by atoms with E-state index in [1.54, 1.807) is 0 Å². The molecule has 0 amide bonds.